The molecule has 2 unspecified atom stereocenters. The van der Waals surface area contributed by atoms with Crippen molar-refractivity contribution in [1.82, 2.24) is 9.80 Å². The number of hydrogen-bond donors (Lipinski definition) is 1. The van der Waals surface area contributed by atoms with Crippen molar-refractivity contribution in [2.75, 3.05) is 39.3 Å². The van der Waals surface area contributed by atoms with E-state index < -0.39 is 0 Å². The van der Waals surface area contributed by atoms with E-state index in [-0.39, 0.29) is 12.0 Å². The molecule has 0 saturated carbocycles. The molecular formula is C14H26N2O3. The molecule has 2 heterocycles. The second kappa shape index (κ2) is 7.22. The van der Waals surface area contributed by atoms with Crippen LogP contribution in [0.25, 0.3) is 0 Å². The van der Waals surface area contributed by atoms with Gasteiger partial charge in [0, 0.05) is 45.8 Å². The Labute approximate surface area is 115 Å². The zero-order chi connectivity index (χ0) is 13.7. The Kier molecular flexibility index (Phi) is 5.60. The molecule has 0 aromatic rings. The van der Waals surface area contributed by atoms with Crippen LogP contribution in [-0.2, 0) is 9.53 Å². The second-order valence-corrected chi connectivity index (χ2v) is 5.70. The van der Waals surface area contributed by atoms with Gasteiger partial charge in [-0.2, -0.15) is 0 Å². The minimum atomic E-state index is -0.290. The number of piperazine rings is 1. The monoisotopic (exact) mass is 270 g/mol. The molecule has 2 fully saturated rings. The Morgan fingerprint density at radius 2 is 2.11 bits per heavy atom. The second-order valence-electron chi connectivity index (χ2n) is 5.70. The molecule has 1 amide bonds. The molecule has 2 aliphatic heterocycles. The molecule has 0 bridgehead atoms. The maximum Gasteiger partial charge on any atom is 0.222 e. The maximum atomic E-state index is 12.1. The highest BCUT2D eigenvalue weighted by molar-refractivity contribution is 5.76. The first-order chi connectivity index (χ1) is 9.15. The summed E-state index contributed by atoms with van der Waals surface area (Å²) in [5, 5.41) is 9.35. The predicted molar refractivity (Wildman–Crippen MR) is 72.9 cm³/mol. The standard InChI is InChI=1S/C14H26N2O3/c1-12(17)11-15-6-8-16(9-7-15)14(18)5-4-13-3-2-10-19-13/h12-13,17H,2-11H2,1H3. The Hall–Kier alpha value is -0.650. The topological polar surface area (TPSA) is 53.0 Å². The average molecular weight is 270 g/mol. The van der Waals surface area contributed by atoms with Crippen molar-refractivity contribution in [3.8, 4) is 0 Å². The van der Waals surface area contributed by atoms with E-state index in [4.69, 9.17) is 4.74 Å². The summed E-state index contributed by atoms with van der Waals surface area (Å²) in [6.45, 7) is 6.69. The van der Waals surface area contributed by atoms with E-state index in [0.29, 0.717) is 19.1 Å². The number of carbonyl (C=O) groups is 1. The van der Waals surface area contributed by atoms with Crippen LogP contribution in [0, 0.1) is 0 Å². The van der Waals surface area contributed by atoms with E-state index in [1.807, 2.05) is 4.90 Å². The van der Waals surface area contributed by atoms with Gasteiger partial charge in [-0.15, -0.1) is 0 Å². The molecule has 0 aliphatic carbocycles. The van der Waals surface area contributed by atoms with Crippen LogP contribution in [0.4, 0.5) is 0 Å². The van der Waals surface area contributed by atoms with Crippen LogP contribution in [0.2, 0.25) is 0 Å². The maximum absolute atomic E-state index is 12.1. The Morgan fingerprint density at radius 3 is 2.68 bits per heavy atom. The highest BCUT2D eigenvalue weighted by atomic mass is 16.5. The molecule has 19 heavy (non-hydrogen) atoms. The van der Waals surface area contributed by atoms with Gasteiger partial charge in [0.25, 0.3) is 0 Å². The fourth-order valence-corrected chi connectivity index (χ4v) is 2.87. The molecule has 2 saturated heterocycles. The number of rotatable bonds is 5. The van der Waals surface area contributed by atoms with Crippen LogP contribution in [0.5, 0.6) is 0 Å². The molecule has 2 rings (SSSR count). The highest BCUT2D eigenvalue weighted by Crippen LogP contribution is 2.17. The van der Waals surface area contributed by atoms with Crippen molar-refractivity contribution < 1.29 is 14.6 Å². The van der Waals surface area contributed by atoms with Crippen molar-refractivity contribution in [3.05, 3.63) is 0 Å². The number of nitrogens with zero attached hydrogens (tertiary/aromatic N) is 2. The molecule has 5 heteroatoms. The first-order valence-corrected chi connectivity index (χ1v) is 7.45. The molecule has 110 valence electrons. The Balaban J connectivity index is 1.64. The summed E-state index contributed by atoms with van der Waals surface area (Å²) in [6, 6.07) is 0. The van der Waals surface area contributed by atoms with Crippen molar-refractivity contribution in [3.63, 3.8) is 0 Å². The summed E-state index contributed by atoms with van der Waals surface area (Å²) in [4.78, 5) is 16.3. The summed E-state index contributed by atoms with van der Waals surface area (Å²) < 4.78 is 5.54. The molecule has 2 aliphatic rings. The van der Waals surface area contributed by atoms with E-state index in [9.17, 15) is 9.90 Å². The molecule has 2 atom stereocenters. The number of amides is 1. The smallest absolute Gasteiger partial charge is 0.222 e. The van der Waals surface area contributed by atoms with E-state index in [0.717, 1.165) is 52.0 Å². The van der Waals surface area contributed by atoms with Crippen LogP contribution in [0.3, 0.4) is 0 Å². The molecular weight excluding hydrogens is 244 g/mol. The molecule has 0 aromatic heterocycles. The van der Waals surface area contributed by atoms with E-state index in [1.165, 1.54) is 0 Å². The lowest BCUT2D eigenvalue weighted by atomic mass is 10.1. The van der Waals surface area contributed by atoms with Gasteiger partial charge in [0.1, 0.15) is 0 Å². The van der Waals surface area contributed by atoms with Gasteiger partial charge >= 0.3 is 0 Å². The number of aliphatic hydroxyl groups excluding tert-OH is 1. The van der Waals surface area contributed by atoms with Gasteiger partial charge in [0.2, 0.25) is 5.91 Å². The highest BCUT2D eigenvalue weighted by Gasteiger charge is 2.23. The van der Waals surface area contributed by atoms with Crippen LogP contribution < -0.4 is 0 Å². The first kappa shape index (κ1) is 14.8. The molecule has 0 radical (unpaired) electrons. The molecule has 0 spiro atoms. The zero-order valence-corrected chi connectivity index (χ0v) is 11.9. The molecule has 1 N–H and O–H groups in total. The van der Waals surface area contributed by atoms with E-state index in [1.54, 1.807) is 6.92 Å². The van der Waals surface area contributed by atoms with Gasteiger partial charge < -0.3 is 14.7 Å². The quantitative estimate of drug-likeness (QED) is 0.789. The number of β-amino-alcohol motifs (C(OH)–C–C–N with tert-alkyl or cyclic N) is 1. The normalized spacial score (nSPS) is 26.6. The lowest BCUT2D eigenvalue weighted by molar-refractivity contribution is -0.133. The van der Waals surface area contributed by atoms with Gasteiger partial charge in [-0.25, -0.2) is 0 Å². The largest absolute Gasteiger partial charge is 0.392 e. The average Bonchev–Trinajstić information content (AvgIpc) is 2.89. The SMILES string of the molecule is CC(O)CN1CCN(C(=O)CCC2CCCO2)CC1. The zero-order valence-electron chi connectivity index (χ0n) is 11.9. The van der Waals surface area contributed by atoms with Crippen molar-refractivity contribution >= 4 is 5.91 Å². The van der Waals surface area contributed by atoms with E-state index in [2.05, 4.69) is 4.90 Å². The third-order valence-corrected chi connectivity index (χ3v) is 3.95. The number of hydrogen-bond acceptors (Lipinski definition) is 4. The van der Waals surface area contributed by atoms with Gasteiger partial charge in [0.05, 0.1) is 12.2 Å². The van der Waals surface area contributed by atoms with Gasteiger partial charge in [0.15, 0.2) is 0 Å². The van der Waals surface area contributed by atoms with Crippen molar-refractivity contribution in [1.29, 1.82) is 0 Å². The van der Waals surface area contributed by atoms with Crippen LogP contribution in [0.15, 0.2) is 0 Å². The lowest BCUT2D eigenvalue weighted by Gasteiger charge is -2.35. The molecule has 0 aromatic carbocycles. The fraction of sp³-hybridized carbons (Fsp3) is 0.929. The van der Waals surface area contributed by atoms with Crippen molar-refractivity contribution in [2.45, 2.75) is 44.8 Å². The predicted octanol–water partition coefficient (Wildman–Crippen LogP) is 0.471. The summed E-state index contributed by atoms with van der Waals surface area (Å²) in [6.07, 6.45) is 3.74. The summed E-state index contributed by atoms with van der Waals surface area (Å²) in [5.41, 5.74) is 0. The third-order valence-electron chi connectivity index (χ3n) is 3.95. The van der Waals surface area contributed by atoms with Crippen molar-refractivity contribution in [2.24, 2.45) is 0 Å². The fourth-order valence-electron chi connectivity index (χ4n) is 2.87. The minimum absolute atomic E-state index is 0.257. The van der Waals surface area contributed by atoms with Crippen LogP contribution in [-0.4, -0.2) is 72.4 Å². The Bertz CT molecular complexity index is 282. The number of ether oxygens (including phenoxy) is 1. The first-order valence-electron chi connectivity index (χ1n) is 7.45. The minimum Gasteiger partial charge on any atom is -0.392 e. The van der Waals surface area contributed by atoms with Gasteiger partial charge in [-0.05, 0) is 26.2 Å². The summed E-state index contributed by atoms with van der Waals surface area (Å²) in [5.74, 6) is 0.257. The van der Waals surface area contributed by atoms with E-state index >= 15 is 0 Å². The lowest BCUT2D eigenvalue weighted by Crippen LogP contribution is -2.50. The Morgan fingerprint density at radius 1 is 1.37 bits per heavy atom. The number of aliphatic hydroxyl groups is 1. The number of carbonyl (C=O) groups excluding carboxylic acids is 1. The molecule has 5 nitrogen and oxygen atoms in total. The summed E-state index contributed by atoms with van der Waals surface area (Å²) in [7, 11) is 0. The van der Waals surface area contributed by atoms with Gasteiger partial charge in [-0.3, -0.25) is 9.69 Å². The van der Waals surface area contributed by atoms with Crippen LogP contribution >= 0.6 is 0 Å². The summed E-state index contributed by atoms with van der Waals surface area (Å²) >= 11 is 0. The van der Waals surface area contributed by atoms with Crippen LogP contribution in [0.1, 0.15) is 32.6 Å². The third kappa shape index (κ3) is 4.75. The van der Waals surface area contributed by atoms with Gasteiger partial charge in [-0.1, -0.05) is 0 Å².